The number of ether oxygens (including phenoxy) is 7. The van der Waals surface area contributed by atoms with Crippen molar-refractivity contribution < 1.29 is 66.3 Å². The molecule has 5 aliphatic rings. The maximum Gasteiger partial charge on any atom is 0.408 e. The molecule has 2 aliphatic heterocycles. The standard InChI is InChI=1S/C55H78FN3O13Si/c1-30(2)73(31(3)4,32(5)6)72-44(42(41-36(56)23-20-26-57-41)58-50(63)71-51(9,10)11)49(62)66-37-27-55(64)47(69-48(61)35-21-18-17-19-22-35)45-53(14,25-24-38-54(45,29-65-38)70-34(8)60)46-43(40(33(37)7)52(55,12)13)67-39(68-46)28-59(15)16/h17-26,30-32,37-39,42-47,64H,27-29H2,1-16H3,(H,58,63)/t37-,38+,39+,42-,43+,44+,45-,46+,47-,53+,54-,55+/m0/s1. The maximum absolute atomic E-state index is 16.3. The van der Waals surface area contributed by atoms with E-state index in [2.05, 4.69) is 10.3 Å². The SMILES string of the molecule is CC(=O)O[C@@]12CO[C@@H]1C=C[C@@]1(C)[C@@H]3O[C@H](CN(C)C)O[C@@H]3C3=C(C)[C@@H](OC(=O)[C@H](O[Si](C(C)C)(C(C)C)C(C)C)[C@@H](NC(=O)OC(C)(C)C)c4ncccc4F)C[C@@](O)([C@@H](OC(=O)c4ccccc4)[C@@H]12)C3(C)C. The van der Waals surface area contributed by atoms with Crippen molar-refractivity contribution in [3.8, 4) is 0 Å². The number of carbonyl (C=O) groups excluding carboxylic acids is 4. The van der Waals surface area contributed by atoms with Crippen LogP contribution in [0.5, 0.6) is 0 Å². The number of amides is 1. The van der Waals surface area contributed by atoms with Crippen LogP contribution in [0.2, 0.25) is 16.6 Å². The Morgan fingerprint density at radius 1 is 0.959 bits per heavy atom. The molecule has 12 atom stereocenters. The highest BCUT2D eigenvalue weighted by molar-refractivity contribution is 6.77. The number of halogens is 1. The van der Waals surface area contributed by atoms with Crippen molar-refractivity contribution >= 4 is 32.3 Å². The van der Waals surface area contributed by atoms with Gasteiger partial charge < -0.3 is 52.9 Å². The summed E-state index contributed by atoms with van der Waals surface area (Å²) in [6, 6.07) is 9.39. The fraction of sp³-hybridized carbons (Fsp3) is 0.655. The molecule has 402 valence electrons. The lowest BCUT2D eigenvalue weighted by molar-refractivity contribution is -0.316. The molecule has 0 unspecified atom stereocenters. The van der Waals surface area contributed by atoms with Crippen molar-refractivity contribution in [2.24, 2.45) is 16.7 Å². The number of benzene rings is 1. The second kappa shape index (κ2) is 20.5. The molecule has 1 aromatic carbocycles. The first-order valence-electron chi connectivity index (χ1n) is 25.6. The minimum Gasteiger partial charge on any atom is -0.456 e. The van der Waals surface area contributed by atoms with Crippen molar-refractivity contribution in [2.45, 2.75) is 186 Å². The number of nitrogens with one attached hydrogen (secondary N) is 1. The summed E-state index contributed by atoms with van der Waals surface area (Å²) in [5.74, 6) is -4.22. The molecule has 2 aromatic rings. The number of fused-ring (bicyclic) bond motifs is 8. The van der Waals surface area contributed by atoms with Crippen LogP contribution in [0.4, 0.5) is 9.18 Å². The van der Waals surface area contributed by atoms with Gasteiger partial charge in [0.1, 0.15) is 59.3 Å². The van der Waals surface area contributed by atoms with E-state index in [-0.39, 0.29) is 40.9 Å². The lowest BCUT2D eigenvalue weighted by atomic mass is 9.46. The van der Waals surface area contributed by atoms with Gasteiger partial charge >= 0.3 is 24.0 Å². The smallest absolute Gasteiger partial charge is 0.408 e. The number of aliphatic hydroxyl groups is 1. The Bertz CT molecular complexity index is 2440. The van der Waals surface area contributed by atoms with Gasteiger partial charge in [0.05, 0.1) is 18.1 Å². The number of aromatic nitrogens is 1. The molecule has 2 N–H and O–H groups in total. The molecule has 2 saturated heterocycles. The number of nitrogens with zero attached hydrogens (tertiary/aromatic N) is 2. The third kappa shape index (κ3) is 10.1. The summed E-state index contributed by atoms with van der Waals surface area (Å²) in [7, 11) is 0.639. The minimum atomic E-state index is -3.14. The van der Waals surface area contributed by atoms with E-state index in [9.17, 15) is 19.5 Å². The summed E-state index contributed by atoms with van der Waals surface area (Å²) < 4.78 is 69.4. The molecule has 3 aliphatic carbocycles. The highest BCUT2D eigenvalue weighted by atomic mass is 28.4. The topological polar surface area (TPSA) is 191 Å². The lowest BCUT2D eigenvalue weighted by Gasteiger charge is -2.66. The quantitative estimate of drug-likeness (QED) is 0.0746. The van der Waals surface area contributed by atoms with Crippen LogP contribution in [0.15, 0.2) is 72.0 Å². The van der Waals surface area contributed by atoms with Crippen LogP contribution in [0, 0.1) is 22.6 Å². The number of rotatable bonds is 15. The zero-order valence-electron chi connectivity index (χ0n) is 45.4. The third-order valence-corrected chi connectivity index (χ3v) is 22.3. The van der Waals surface area contributed by atoms with Crippen molar-refractivity contribution in [3.05, 3.63) is 89.0 Å². The van der Waals surface area contributed by atoms with Crippen LogP contribution in [0.1, 0.15) is 125 Å². The van der Waals surface area contributed by atoms with Gasteiger partial charge in [0.25, 0.3) is 0 Å². The Labute approximate surface area is 431 Å². The fourth-order valence-electron chi connectivity index (χ4n) is 13.0. The summed E-state index contributed by atoms with van der Waals surface area (Å²) in [6.45, 7) is 26.2. The molecule has 1 amide bonds. The monoisotopic (exact) mass is 1040 g/mol. The van der Waals surface area contributed by atoms with Gasteiger partial charge in [0.2, 0.25) is 8.32 Å². The van der Waals surface area contributed by atoms with E-state index in [4.69, 9.17) is 37.6 Å². The molecule has 0 spiro atoms. The van der Waals surface area contributed by atoms with E-state index in [1.165, 1.54) is 25.3 Å². The van der Waals surface area contributed by atoms with Gasteiger partial charge in [0, 0.05) is 36.9 Å². The molecule has 2 bridgehead atoms. The zero-order chi connectivity index (χ0) is 54.0. The molecule has 73 heavy (non-hydrogen) atoms. The van der Waals surface area contributed by atoms with E-state index in [0.717, 1.165) is 0 Å². The molecule has 0 radical (unpaired) electrons. The number of hydrogen-bond acceptors (Lipinski definition) is 15. The van der Waals surface area contributed by atoms with Crippen LogP contribution in [0.3, 0.4) is 0 Å². The van der Waals surface area contributed by atoms with Gasteiger partial charge in [-0.3, -0.25) is 9.78 Å². The van der Waals surface area contributed by atoms with E-state index < -0.39 is 121 Å². The van der Waals surface area contributed by atoms with Crippen molar-refractivity contribution in [1.82, 2.24) is 15.2 Å². The van der Waals surface area contributed by atoms with Crippen LogP contribution in [0.25, 0.3) is 0 Å². The molecule has 3 heterocycles. The van der Waals surface area contributed by atoms with E-state index in [1.54, 1.807) is 51.1 Å². The predicted molar refractivity (Wildman–Crippen MR) is 271 cm³/mol. The van der Waals surface area contributed by atoms with Crippen LogP contribution in [-0.4, -0.2) is 134 Å². The lowest BCUT2D eigenvalue weighted by Crippen LogP contribution is -2.78. The van der Waals surface area contributed by atoms with E-state index in [1.807, 2.05) is 100 Å². The van der Waals surface area contributed by atoms with Crippen LogP contribution >= 0.6 is 0 Å². The van der Waals surface area contributed by atoms with Gasteiger partial charge in [-0.25, -0.2) is 18.8 Å². The number of esters is 3. The van der Waals surface area contributed by atoms with Gasteiger partial charge in [-0.15, -0.1) is 0 Å². The van der Waals surface area contributed by atoms with Crippen LogP contribution in [-0.2, 0) is 47.2 Å². The Morgan fingerprint density at radius 2 is 1.60 bits per heavy atom. The van der Waals surface area contributed by atoms with Gasteiger partial charge in [-0.05, 0) is 93.8 Å². The zero-order valence-corrected chi connectivity index (χ0v) is 46.4. The summed E-state index contributed by atoms with van der Waals surface area (Å²) in [5, 5.41) is 17.0. The largest absolute Gasteiger partial charge is 0.456 e. The average molecular weight is 1040 g/mol. The van der Waals surface area contributed by atoms with Gasteiger partial charge in [-0.2, -0.15) is 0 Å². The van der Waals surface area contributed by atoms with E-state index >= 15 is 9.18 Å². The molecular weight excluding hydrogens is 958 g/mol. The molecule has 1 saturated carbocycles. The highest BCUT2D eigenvalue weighted by Gasteiger charge is 2.76. The first-order valence-corrected chi connectivity index (χ1v) is 27.7. The normalized spacial score (nSPS) is 31.3. The van der Waals surface area contributed by atoms with Gasteiger partial charge in [0.15, 0.2) is 18.0 Å². The second-order valence-electron chi connectivity index (χ2n) is 23.6. The minimum absolute atomic E-state index is 0.0976. The number of carbonyl (C=O) groups is 4. The summed E-state index contributed by atoms with van der Waals surface area (Å²) >= 11 is 0. The molecule has 7 rings (SSSR count). The Kier molecular flexibility index (Phi) is 15.8. The summed E-state index contributed by atoms with van der Waals surface area (Å²) in [5.41, 5.74) is -6.47. The number of hydrogen-bond donors (Lipinski definition) is 2. The fourth-order valence-corrected chi connectivity index (χ4v) is 18.5. The highest BCUT2D eigenvalue weighted by Crippen LogP contribution is 2.65. The second-order valence-corrected chi connectivity index (χ2v) is 29.0. The first kappa shape index (κ1) is 56.2. The number of likely N-dealkylation sites (N-methyl/N-ethyl adjacent to an activating group) is 1. The molecule has 16 nitrogen and oxygen atoms in total. The molecular formula is C55H78FN3O13Si. The van der Waals surface area contributed by atoms with Crippen molar-refractivity contribution in [2.75, 3.05) is 27.2 Å². The first-order chi connectivity index (χ1) is 33.9. The summed E-state index contributed by atoms with van der Waals surface area (Å²) in [6.07, 6.45) is -4.10. The molecule has 3 fully saturated rings. The number of pyridine rings is 1. The van der Waals surface area contributed by atoms with E-state index in [0.29, 0.717) is 17.7 Å². The van der Waals surface area contributed by atoms with Crippen molar-refractivity contribution in [3.63, 3.8) is 0 Å². The van der Waals surface area contributed by atoms with Crippen molar-refractivity contribution in [1.29, 1.82) is 0 Å². The molecule has 1 aromatic heterocycles. The molecule has 18 heteroatoms. The number of alkyl carbamates (subject to hydrolysis) is 1. The summed E-state index contributed by atoms with van der Waals surface area (Å²) in [4.78, 5) is 64.1. The Morgan fingerprint density at radius 3 is 2.15 bits per heavy atom. The average Bonchev–Trinajstić information content (AvgIpc) is 3.68. The van der Waals surface area contributed by atoms with Gasteiger partial charge in [-0.1, -0.05) is 92.7 Å². The Hall–Kier alpha value is -4.56. The Balaban J connectivity index is 1.47. The third-order valence-electron chi connectivity index (χ3n) is 16.2. The maximum atomic E-state index is 16.3. The van der Waals surface area contributed by atoms with Crippen LogP contribution < -0.4 is 5.32 Å². The predicted octanol–water partition coefficient (Wildman–Crippen LogP) is 8.54.